The summed E-state index contributed by atoms with van der Waals surface area (Å²) in [6.45, 7) is 5.59. The second-order valence-electron chi connectivity index (χ2n) is 4.35. The van der Waals surface area contributed by atoms with E-state index in [1.165, 1.54) is 0 Å². The molecule has 1 atom stereocenters. The van der Waals surface area contributed by atoms with Crippen molar-refractivity contribution in [3.63, 3.8) is 0 Å². The van der Waals surface area contributed by atoms with Crippen molar-refractivity contribution < 1.29 is 9.53 Å². The number of nitrogen functional groups attached to an aromatic ring is 1. The largest absolute Gasteiger partial charge is 0.398 e. The van der Waals surface area contributed by atoms with Crippen LogP contribution in [0.15, 0.2) is 12.3 Å². The predicted molar refractivity (Wildman–Crippen MR) is 64.7 cm³/mol. The summed E-state index contributed by atoms with van der Waals surface area (Å²) in [6.07, 6.45) is 1.62. The number of morpholine rings is 1. The summed E-state index contributed by atoms with van der Waals surface area (Å²) in [6, 6.07) is 1.72. The Morgan fingerprint density at radius 2 is 2.41 bits per heavy atom. The van der Waals surface area contributed by atoms with Gasteiger partial charge >= 0.3 is 0 Å². The van der Waals surface area contributed by atoms with E-state index in [2.05, 4.69) is 4.98 Å². The van der Waals surface area contributed by atoms with E-state index < -0.39 is 0 Å². The molecular weight excluding hydrogens is 218 g/mol. The van der Waals surface area contributed by atoms with Gasteiger partial charge in [0, 0.05) is 30.7 Å². The highest BCUT2D eigenvalue weighted by molar-refractivity contribution is 5.98. The third-order valence-corrected chi connectivity index (χ3v) is 2.83. The van der Waals surface area contributed by atoms with E-state index in [0.717, 1.165) is 5.69 Å². The van der Waals surface area contributed by atoms with E-state index in [-0.39, 0.29) is 12.0 Å². The van der Waals surface area contributed by atoms with E-state index in [4.69, 9.17) is 10.5 Å². The fourth-order valence-electron chi connectivity index (χ4n) is 1.93. The molecule has 0 saturated carbocycles. The fraction of sp³-hybridized carbons (Fsp3) is 0.500. The van der Waals surface area contributed by atoms with E-state index in [0.29, 0.717) is 30.9 Å². The molecule has 1 aliphatic heterocycles. The first-order valence-corrected chi connectivity index (χ1v) is 5.71. The SMILES string of the molecule is Cc1cc(N)c(C(=O)N2CCOC(C)C2)cn1. The van der Waals surface area contributed by atoms with Crippen LogP contribution in [0.3, 0.4) is 0 Å². The standard InChI is InChI=1S/C12H17N3O2/c1-8-5-11(13)10(6-14-8)12(16)15-3-4-17-9(2)7-15/h5-6,9H,3-4,7H2,1-2H3,(H2,13,14). The lowest BCUT2D eigenvalue weighted by Gasteiger charge is -2.31. The van der Waals surface area contributed by atoms with Crippen molar-refractivity contribution in [2.45, 2.75) is 20.0 Å². The molecule has 1 aromatic rings. The monoisotopic (exact) mass is 235 g/mol. The number of pyridine rings is 1. The van der Waals surface area contributed by atoms with Gasteiger partial charge in [0.25, 0.3) is 5.91 Å². The van der Waals surface area contributed by atoms with Crippen LogP contribution in [0, 0.1) is 6.92 Å². The smallest absolute Gasteiger partial charge is 0.257 e. The van der Waals surface area contributed by atoms with Gasteiger partial charge < -0.3 is 15.4 Å². The number of hydrogen-bond acceptors (Lipinski definition) is 4. The molecule has 1 fully saturated rings. The van der Waals surface area contributed by atoms with Crippen LogP contribution < -0.4 is 5.73 Å². The quantitative estimate of drug-likeness (QED) is 0.783. The Morgan fingerprint density at radius 3 is 3.06 bits per heavy atom. The minimum Gasteiger partial charge on any atom is -0.398 e. The van der Waals surface area contributed by atoms with Crippen molar-refractivity contribution in [3.8, 4) is 0 Å². The van der Waals surface area contributed by atoms with Gasteiger partial charge in [-0.05, 0) is 19.9 Å². The van der Waals surface area contributed by atoms with Gasteiger partial charge in [-0.1, -0.05) is 0 Å². The van der Waals surface area contributed by atoms with Crippen LogP contribution in [0.25, 0.3) is 0 Å². The summed E-state index contributed by atoms with van der Waals surface area (Å²) in [5.41, 5.74) is 7.62. The molecule has 1 aliphatic rings. The zero-order chi connectivity index (χ0) is 12.4. The van der Waals surface area contributed by atoms with Gasteiger partial charge in [-0.25, -0.2) is 0 Å². The number of nitrogens with zero attached hydrogens (tertiary/aromatic N) is 2. The van der Waals surface area contributed by atoms with E-state index in [1.807, 2.05) is 13.8 Å². The average molecular weight is 235 g/mol. The van der Waals surface area contributed by atoms with Crippen LogP contribution in [0.1, 0.15) is 23.0 Å². The van der Waals surface area contributed by atoms with Gasteiger partial charge in [0.05, 0.1) is 18.3 Å². The molecule has 2 rings (SSSR count). The van der Waals surface area contributed by atoms with Crippen LogP contribution in [0.4, 0.5) is 5.69 Å². The number of aryl methyl sites for hydroxylation is 1. The topological polar surface area (TPSA) is 68.5 Å². The number of carbonyl (C=O) groups is 1. The molecule has 1 saturated heterocycles. The second kappa shape index (κ2) is 4.71. The molecule has 5 heteroatoms. The lowest BCUT2D eigenvalue weighted by molar-refractivity contribution is -0.0124. The van der Waals surface area contributed by atoms with Crippen LogP contribution >= 0.6 is 0 Å². The van der Waals surface area contributed by atoms with E-state index >= 15 is 0 Å². The molecule has 0 aliphatic carbocycles. The molecule has 2 heterocycles. The van der Waals surface area contributed by atoms with Crippen molar-refractivity contribution in [3.05, 3.63) is 23.5 Å². The number of carbonyl (C=O) groups excluding carboxylic acids is 1. The maximum absolute atomic E-state index is 12.2. The molecule has 1 unspecified atom stereocenters. The lowest BCUT2D eigenvalue weighted by atomic mass is 10.1. The molecule has 0 spiro atoms. The molecule has 0 radical (unpaired) electrons. The molecule has 1 amide bonds. The number of ether oxygens (including phenoxy) is 1. The summed E-state index contributed by atoms with van der Waals surface area (Å²) in [7, 11) is 0. The summed E-state index contributed by atoms with van der Waals surface area (Å²) in [5, 5.41) is 0. The Labute approximate surface area is 101 Å². The Bertz CT molecular complexity index is 434. The summed E-state index contributed by atoms with van der Waals surface area (Å²) in [5.74, 6) is -0.0647. The Kier molecular flexibility index (Phi) is 3.28. The van der Waals surface area contributed by atoms with Crippen molar-refractivity contribution in [2.75, 3.05) is 25.4 Å². The van der Waals surface area contributed by atoms with Crippen LogP contribution in [0.5, 0.6) is 0 Å². The first-order valence-electron chi connectivity index (χ1n) is 5.71. The number of nitrogens with two attached hydrogens (primary N) is 1. The van der Waals surface area contributed by atoms with Gasteiger partial charge in [0.1, 0.15) is 0 Å². The number of hydrogen-bond donors (Lipinski definition) is 1. The van der Waals surface area contributed by atoms with E-state index in [1.54, 1.807) is 17.2 Å². The van der Waals surface area contributed by atoms with Gasteiger partial charge in [-0.15, -0.1) is 0 Å². The van der Waals surface area contributed by atoms with Crippen molar-refractivity contribution >= 4 is 11.6 Å². The molecule has 2 N–H and O–H groups in total. The highest BCUT2D eigenvalue weighted by atomic mass is 16.5. The summed E-state index contributed by atoms with van der Waals surface area (Å²) in [4.78, 5) is 18.1. The number of aromatic nitrogens is 1. The molecule has 0 bridgehead atoms. The molecular formula is C12H17N3O2. The van der Waals surface area contributed by atoms with Crippen molar-refractivity contribution in [2.24, 2.45) is 0 Å². The highest BCUT2D eigenvalue weighted by Gasteiger charge is 2.23. The van der Waals surface area contributed by atoms with Crippen LogP contribution in [0.2, 0.25) is 0 Å². The molecule has 5 nitrogen and oxygen atoms in total. The first-order chi connectivity index (χ1) is 8.08. The Morgan fingerprint density at radius 1 is 1.65 bits per heavy atom. The molecule has 17 heavy (non-hydrogen) atoms. The maximum atomic E-state index is 12.2. The molecule has 92 valence electrons. The third-order valence-electron chi connectivity index (χ3n) is 2.83. The van der Waals surface area contributed by atoms with Crippen molar-refractivity contribution in [1.82, 2.24) is 9.88 Å². The van der Waals surface area contributed by atoms with Gasteiger partial charge in [0.15, 0.2) is 0 Å². The summed E-state index contributed by atoms with van der Waals surface area (Å²) < 4.78 is 5.40. The highest BCUT2D eigenvalue weighted by Crippen LogP contribution is 2.16. The number of anilines is 1. The maximum Gasteiger partial charge on any atom is 0.257 e. The predicted octanol–water partition coefficient (Wildman–Crippen LogP) is 0.833. The zero-order valence-electron chi connectivity index (χ0n) is 10.1. The Hall–Kier alpha value is -1.62. The number of amides is 1. The summed E-state index contributed by atoms with van der Waals surface area (Å²) >= 11 is 0. The minimum atomic E-state index is -0.0647. The molecule has 0 aromatic carbocycles. The normalized spacial score (nSPS) is 20.4. The second-order valence-corrected chi connectivity index (χ2v) is 4.35. The first kappa shape index (κ1) is 11.9. The number of rotatable bonds is 1. The fourth-order valence-corrected chi connectivity index (χ4v) is 1.93. The van der Waals surface area contributed by atoms with E-state index in [9.17, 15) is 4.79 Å². The third kappa shape index (κ3) is 2.55. The zero-order valence-corrected chi connectivity index (χ0v) is 10.1. The Balaban J connectivity index is 2.18. The van der Waals surface area contributed by atoms with Gasteiger partial charge in [-0.3, -0.25) is 9.78 Å². The minimum absolute atomic E-state index is 0.0647. The van der Waals surface area contributed by atoms with Crippen LogP contribution in [-0.4, -0.2) is 41.6 Å². The lowest BCUT2D eigenvalue weighted by Crippen LogP contribution is -2.44. The van der Waals surface area contributed by atoms with Gasteiger partial charge in [0.2, 0.25) is 0 Å². The van der Waals surface area contributed by atoms with Gasteiger partial charge in [-0.2, -0.15) is 0 Å². The average Bonchev–Trinajstić information content (AvgIpc) is 2.28. The van der Waals surface area contributed by atoms with Crippen LogP contribution in [-0.2, 0) is 4.74 Å². The molecule has 1 aromatic heterocycles. The van der Waals surface area contributed by atoms with Crippen molar-refractivity contribution in [1.29, 1.82) is 0 Å².